The number of nitrogens with zero attached hydrogens (tertiary/aromatic N) is 1. The topological polar surface area (TPSA) is 32.3 Å². The van der Waals surface area contributed by atoms with E-state index >= 15 is 0 Å². The van der Waals surface area contributed by atoms with Gasteiger partial charge in [0.15, 0.2) is 0 Å². The molecule has 1 amide bonds. The molecule has 1 aromatic rings. The molecule has 102 valence electrons. The molecule has 0 aromatic heterocycles. The first kappa shape index (κ1) is 12.9. The van der Waals surface area contributed by atoms with Gasteiger partial charge in [-0.05, 0) is 18.1 Å². The predicted molar refractivity (Wildman–Crippen MR) is 80.8 cm³/mol. The number of rotatable bonds is 1. The van der Waals surface area contributed by atoms with Crippen molar-refractivity contribution in [3.8, 4) is 0 Å². The molecule has 3 nitrogen and oxygen atoms in total. The zero-order chi connectivity index (χ0) is 13.2. The molecule has 3 rings (SSSR count). The second kappa shape index (κ2) is 5.45. The molecule has 0 radical (unpaired) electrons. The van der Waals surface area contributed by atoms with E-state index in [0.717, 1.165) is 37.5 Å². The maximum atomic E-state index is 12.8. The Morgan fingerprint density at radius 2 is 2.26 bits per heavy atom. The Bertz CT molecular complexity index is 477. The molecule has 2 heterocycles. The monoisotopic (exact) mass is 276 g/mol. The number of hydrogen-bond donors (Lipinski definition) is 1. The highest BCUT2D eigenvalue weighted by molar-refractivity contribution is 7.99. The van der Waals surface area contributed by atoms with E-state index in [1.54, 1.807) is 0 Å². The number of fused-ring (bicyclic) bond motifs is 1. The van der Waals surface area contributed by atoms with Crippen LogP contribution in [0.15, 0.2) is 24.3 Å². The number of carbonyl (C=O) groups is 1. The Morgan fingerprint density at radius 1 is 1.42 bits per heavy atom. The zero-order valence-corrected chi connectivity index (χ0v) is 12.1. The van der Waals surface area contributed by atoms with Crippen LogP contribution in [0.3, 0.4) is 0 Å². The highest BCUT2D eigenvalue weighted by Crippen LogP contribution is 2.33. The lowest BCUT2D eigenvalue weighted by Crippen LogP contribution is -2.44. The largest absolute Gasteiger partial charge is 0.385 e. The summed E-state index contributed by atoms with van der Waals surface area (Å²) in [4.78, 5) is 14.8. The van der Waals surface area contributed by atoms with E-state index in [1.807, 2.05) is 23.9 Å². The van der Waals surface area contributed by atoms with Crippen LogP contribution in [-0.4, -0.2) is 41.4 Å². The number of carbonyl (C=O) groups excluding carboxylic acids is 1. The van der Waals surface area contributed by atoms with Gasteiger partial charge in [0, 0.05) is 36.3 Å². The van der Waals surface area contributed by atoms with E-state index in [2.05, 4.69) is 29.3 Å². The molecule has 0 aliphatic carbocycles. The average Bonchev–Trinajstić information content (AvgIpc) is 2.46. The Kier molecular flexibility index (Phi) is 3.69. The van der Waals surface area contributed by atoms with Gasteiger partial charge in [0.2, 0.25) is 5.91 Å². The lowest BCUT2D eigenvalue weighted by Gasteiger charge is -2.35. The quantitative estimate of drug-likeness (QED) is 0.855. The van der Waals surface area contributed by atoms with Gasteiger partial charge in [0.05, 0.1) is 5.92 Å². The van der Waals surface area contributed by atoms with Crippen LogP contribution < -0.4 is 5.32 Å². The van der Waals surface area contributed by atoms with Gasteiger partial charge in [-0.15, -0.1) is 0 Å². The van der Waals surface area contributed by atoms with Crippen LogP contribution in [0.1, 0.15) is 24.8 Å². The first-order valence-electron chi connectivity index (χ1n) is 6.99. The van der Waals surface area contributed by atoms with Gasteiger partial charge >= 0.3 is 0 Å². The molecular weight excluding hydrogens is 256 g/mol. The summed E-state index contributed by atoms with van der Waals surface area (Å²) >= 11 is 1.97. The van der Waals surface area contributed by atoms with Crippen molar-refractivity contribution in [1.82, 2.24) is 4.90 Å². The molecular formula is C15H20N2OS. The number of benzene rings is 1. The molecule has 2 atom stereocenters. The van der Waals surface area contributed by atoms with E-state index in [9.17, 15) is 4.79 Å². The highest BCUT2D eigenvalue weighted by atomic mass is 32.2. The van der Waals surface area contributed by atoms with Crippen molar-refractivity contribution in [1.29, 1.82) is 0 Å². The average molecular weight is 276 g/mol. The fraction of sp³-hybridized carbons (Fsp3) is 0.533. The van der Waals surface area contributed by atoms with Gasteiger partial charge < -0.3 is 10.2 Å². The van der Waals surface area contributed by atoms with Crippen LogP contribution in [0, 0.1) is 0 Å². The number of amides is 1. The molecule has 2 unspecified atom stereocenters. The van der Waals surface area contributed by atoms with Crippen LogP contribution in [0.4, 0.5) is 5.69 Å². The summed E-state index contributed by atoms with van der Waals surface area (Å²) in [6.45, 7) is 4.90. The highest BCUT2D eigenvalue weighted by Gasteiger charge is 2.31. The van der Waals surface area contributed by atoms with Crippen LogP contribution in [-0.2, 0) is 4.79 Å². The van der Waals surface area contributed by atoms with Crippen molar-refractivity contribution in [2.75, 3.05) is 30.7 Å². The third-order valence-corrected chi connectivity index (χ3v) is 5.07. The summed E-state index contributed by atoms with van der Waals surface area (Å²) in [6, 6.07) is 8.22. The van der Waals surface area contributed by atoms with Gasteiger partial charge in [-0.3, -0.25) is 4.79 Å². The van der Waals surface area contributed by atoms with Crippen molar-refractivity contribution < 1.29 is 4.79 Å². The molecule has 0 saturated carbocycles. The Morgan fingerprint density at radius 3 is 3.11 bits per heavy atom. The first-order valence-corrected chi connectivity index (χ1v) is 8.04. The molecule has 19 heavy (non-hydrogen) atoms. The molecule has 0 bridgehead atoms. The van der Waals surface area contributed by atoms with Gasteiger partial charge in [0.25, 0.3) is 0 Å². The molecule has 4 heteroatoms. The van der Waals surface area contributed by atoms with Crippen LogP contribution in [0.2, 0.25) is 0 Å². The molecule has 2 aliphatic rings. The molecule has 0 spiro atoms. The van der Waals surface area contributed by atoms with E-state index in [0.29, 0.717) is 11.2 Å². The van der Waals surface area contributed by atoms with Gasteiger partial charge in [-0.25, -0.2) is 0 Å². The lowest BCUT2D eigenvalue weighted by molar-refractivity contribution is -0.132. The number of hydrogen-bond acceptors (Lipinski definition) is 3. The zero-order valence-electron chi connectivity index (χ0n) is 11.3. The molecule has 1 aromatic carbocycles. The lowest BCUT2D eigenvalue weighted by atomic mass is 9.89. The van der Waals surface area contributed by atoms with E-state index in [4.69, 9.17) is 0 Å². The third kappa shape index (κ3) is 2.59. The maximum Gasteiger partial charge on any atom is 0.230 e. The first-order chi connectivity index (χ1) is 9.25. The Labute approximate surface area is 118 Å². The summed E-state index contributed by atoms with van der Waals surface area (Å²) in [5.74, 6) is 1.44. The minimum absolute atomic E-state index is 0.0488. The van der Waals surface area contributed by atoms with Crippen LogP contribution in [0.25, 0.3) is 0 Å². The third-order valence-electron chi connectivity index (χ3n) is 3.94. The van der Waals surface area contributed by atoms with Gasteiger partial charge in [-0.2, -0.15) is 11.8 Å². The van der Waals surface area contributed by atoms with Crippen molar-refractivity contribution >= 4 is 23.4 Å². The fourth-order valence-corrected chi connectivity index (χ4v) is 3.98. The van der Waals surface area contributed by atoms with Crippen molar-refractivity contribution in [2.45, 2.75) is 24.5 Å². The minimum atomic E-state index is 0.0488. The summed E-state index contributed by atoms with van der Waals surface area (Å²) in [5, 5.41) is 3.95. The van der Waals surface area contributed by atoms with Gasteiger partial charge in [0.1, 0.15) is 0 Å². The normalized spacial score (nSPS) is 26.5. The number of nitrogens with one attached hydrogen (secondary N) is 1. The predicted octanol–water partition coefficient (Wildman–Crippen LogP) is 2.55. The molecule has 1 N–H and O–H groups in total. The van der Waals surface area contributed by atoms with Crippen molar-refractivity contribution in [3.63, 3.8) is 0 Å². The number of thioether (sulfide) groups is 1. The number of anilines is 1. The summed E-state index contributed by atoms with van der Waals surface area (Å²) in [5.41, 5.74) is 2.30. The SMILES string of the molecule is CC1CN(C(=O)C2CCNc3ccccc32)CCS1. The number of para-hydroxylation sites is 1. The summed E-state index contributed by atoms with van der Waals surface area (Å²) in [6.07, 6.45) is 0.911. The maximum absolute atomic E-state index is 12.8. The summed E-state index contributed by atoms with van der Waals surface area (Å²) < 4.78 is 0. The standard InChI is InChI=1S/C15H20N2OS/c1-11-10-17(8-9-19-11)15(18)13-6-7-16-14-5-3-2-4-12(13)14/h2-5,11,13,16H,6-10H2,1H3. The minimum Gasteiger partial charge on any atom is -0.385 e. The van der Waals surface area contributed by atoms with Crippen LogP contribution >= 0.6 is 11.8 Å². The van der Waals surface area contributed by atoms with E-state index in [-0.39, 0.29) is 5.92 Å². The van der Waals surface area contributed by atoms with Crippen molar-refractivity contribution in [2.24, 2.45) is 0 Å². The Balaban J connectivity index is 1.81. The second-order valence-corrected chi connectivity index (χ2v) is 6.87. The van der Waals surface area contributed by atoms with Crippen molar-refractivity contribution in [3.05, 3.63) is 29.8 Å². The van der Waals surface area contributed by atoms with Gasteiger partial charge in [-0.1, -0.05) is 25.1 Å². The molecule has 1 fully saturated rings. The van der Waals surface area contributed by atoms with E-state index < -0.39 is 0 Å². The van der Waals surface area contributed by atoms with Crippen LogP contribution in [0.5, 0.6) is 0 Å². The Hall–Kier alpha value is -1.16. The smallest absolute Gasteiger partial charge is 0.230 e. The van der Waals surface area contributed by atoms with E-state index in [1.165, 1.54) is 5.56 Å². The summed E-state index contributed by atoms with van der Waals surface area (Å²) in [7, 11) is 0. The fourth-order valence-electron chi connectivity index (χ4n) is 2.96. The second-order valence-electron chi connectivity index (χ2n) is 5.32. The molecule has 2 aliphatic heterocycles. The molecule has 1 saturated heterocycles.